The second-order valence-corrected chi connectivity index (χ2v) is 4.75. The van der Waals surface area contributed by atoms with Gasteiger partial charge in [0.05, 0.1) is 13.0 Å². The largest absolute Gasteiger partial charge is 0.469 e. The Labute approximate surface area is 110 Å². The van der Waals surface area contributed by atoms with Crippen LogP contribution in [0.25, 0.3) is 0 Å². The SMILES string of the molecule is CCCN=C(NCC)N1CC(C)C(C(=O)OC)C1. The maximum Gasteiger partial charge on any atom is 0.310 e. The molecule has 0 aromatic heterocycles. The first-order valence-corrected chi connectivity index (χ1v) is 6.75. The summed E-state index contributed by atoms with van der Waals surface area (Å²) in [5.41, 5.74) is 0. The maximum atomic E-state index is 11.7. The van der Waals surface area contributed by atoms with Gasteiger partial charge in [-0.25, -0.2) is 0 Å². The monoisotopic (exact) mass is 255 g/mol. The summed E-state index contributed by atoms with van der Waals surface area (Å²) >= 11 is 0. The lowest BCUT2D eigenvalue weighted by molar-refractivity contribution is -0.145. The zero-order chi connectivity index (χ0) is 13.5. The molecule has 0 aliphatic carbocycles. The number of carbonyl (C=O) groups is 1. The quantitative estimate of drug-likeness (QED) is 0.464. The molecule has 5 nitrogen and oxygen atoms in total. The lowest BCUT2D eigenvalue weighted by Gasteiger charge is -2.21. The van der Waals surface area contributed by atoms with Gasteiger partial charge in [0, 0.05) is 26.2 Å². The topological polar surface area (TPSA) is 53.9 Å². The van der Waals surface area contributed by atoms with Crippen molar-refractivity contribution in [2.75, 3.05) is 33.3 Å². The van der Waals surface area contributed by atoms with Gasteiger partial charge >= 0.3 is 5.97 Å². The molecular formula is C13H25N3O2. The molecule has 2 unspecified atom stereocenters. The van der Waals surface area contributed by atoms with Crippen LogP contribution in [-0.4, -0.2) is 50.1 Å². The van der Waals surface area contributed by atoms with Crippen molar-refractivity contribution in [2.24, 2.45) is 16.8 Å². The summed E-state index contributed by atoms with van der Waals surface area (Å²) in [4.78, 5) is 18.4. The van der Waals surface area contributed by atoms with Gasteiger partial charge in [0.1, 0.15) is 0 Å². The average molecular weight is 255 g/mol. The number of aliphatic imine (C=N–C) groups is 1. The molecule has 0 spiro atoms. The summed E-state index contributed by atoms with van der Waals surface area (Å²) in [6, 6.07) is 0. The van der Waals surface area contributed by atoms with E-state index in [0.29, 0.717) is 12.5 Å². The molecule has 0 aromatic rings. The van der Waals surface area contributed by atoms with Crippen molar-refractivity contribution < 1.29 is 9.53 Å². The van der Waals surface area contributed by atoms with Gasteiger partial charge in [0.2, 0.25) is 0 Å². The number of likely N-dealkylation sites (tertiary alicyclic amines) is 1. The molecule has 1 aliphatic rings. The highest BCUT2D eigenvalue weighted by Gasteiger charge is 2.36. The Morgan fingerprint density at radius 2 is 2.17 bits per heavy atom. The maximum absolute atomic E-state index is 11.7. The molecule has 1 fully saturated rings. The van der Waals surface area contributed by atoms with Crippen molar-refractivity contribution in [2.45, 2.75) is 27.2 Å². The van der Waals surface area contributed by atoms with Crippen LogP contribution in [0.1, 0.15) is 27.2 Å². The summed E-state index contributed by atoms with van der Waals surface area (Å²) < 4.78 is 4.85. The second kappa shape index (κ2) is 7.24. The second-order valence-electron chi connectivity index (χ2n) is 4.75. The van der Waals surface area contributed by atoms with E-state index in [9.17, 15) is 4.79 Å². The third kappa shape index (κ3) is 3.62. The fourth-order valence-electron chi connectivity index (χ4n) is 2.24. The van der Waals surface area contributed by atoms with Gasteiger partial charge in [-0.3, -0.25) is 9.79 Å². The minimum Gasteiger partial charge on any atom is -0.469 e. The summed E-state index contributed by atoms with van der Waals surface area (Å²) in [7, 11) is 1.45. The lowest BCUT2D eigenvalue weighted by atomic mass is 9.99. The molecular weight excluding hydrogens is 230 g/mol. The van der Waals surface area contributed by atoms with Crippen molar-refractivity contribution in [1.29, 1.82) is 0 Å². The molecule has 2 atom stereocenters. The summed E-state index contributed by atoms with van der Waals surface area (Å²) in [5, 5.41) is 3.28. The molecule has 104 valence electrons. The minimum atomic E-state index is -0.115. The van der Waals surface area contributed by atoms with Crippen LogP contribution in [0.4, 0.5) is 0 Å². The van der Waals surface area contributed by atoms with E-state index in [1.165, 1.54) is 7.11 Å². The molecule has 5 heteroatoms. The number of hydrogen-bond acceptors (Lipinski definition) is 3. The van der Waals surface area contributed by atoms with Crippen LogP contribution >= 0.6 is 0 Å². The normalized spacial score (nSPS) is 24.2. The van der Waals surface area contributed by atoms with Crippen LogP contribution in [0, 0.1) is 11.8 Å². The minimum absolute atomic E-state index is 0.0412. The smallest absolute Gasteiger partial charge is 0.310 e. The molecule has 1 aliphatic heterocycles. The fraction of sp³-hybridized carbons (Fsp3) is 0.846. The molecule has 0 radical (unpaired) electrons. The standard InChI is InChI=1S/C13H25N3O2/c1-5-7-15-13(14-6-2)16-8-10(3)11(9-16)12(17)18-4/h10-11H,5-9H2,1-4H3,(H,14,15). The predicted molar refractivity (Wildman–Crippen MR) is 72.5 cm³/mol. The fourth-order valence-corrected chi connectivity index (χ4v) is 2.24. The summed E-state index contributed by atoms with van der Waals surface area (Å²) in [6.45, 7) is 9.46. The van der Waals surface area contributed by atoms with E-state index in [-0.39, 0.29) is 11.9 Å². The third-order valence-electron chi connectivity index (χ3n) is 3.24. The molecule has 0 bridgehead atoms. The van der Waals surface area contributed by atoms with Gasteiger partial charge in [-0.15, -0.1) is 0 Å². The summed E-state index contributed by atoms with van der Waals surface area (Å²) in [6.07, 6.45) is 1.03. The van der Waals surface area contributed by atoms with Crippen LogP contribution in [0.15, 0.2) is 4.99 Å². The van der Waals surface area contributed by atoms with Gasteiger partial charge in [0.15, 0.2) is 5.96 Å². The first-order valence-electron chi connectivity index (χ1n) is 6.75. The van der Waals surface area contributed by atoms with Gasteiger partial charge in [0.25, 0.3) is 0 Å². The van der Waals surface area contributed by atoms with Crippen molar-refractivity contribution in [3.05, 3.63) is 0 Å². The highest BCUT2D eigenvalue weighted by Crippen LogP contribution is 2.24. The highest BCUT2D eigenvalue weighted by atomic mass is 16.5. The van der Waals surface area contributed by atoms with E-state index in [0.717, 1.165) is 32.0 Å². The summed E-state index contributed by atoms with van der Waals surface area (Å²) in [5.74, 6) is 1.07. The van der Waals surface area contributed by atoms with Crippen molar-refractivity contribution in [1.82, 2.24) is 10.2 Å². The van der Waals surface area contributed by atoms with Crippen LogP contribution < -0.4 is 5.32 Å². The van der Waals surface area contributed by atoms with Gasteiger partial charge in [-0.05, 0) is 19.3 Å². The van der Waals surface area contributed by atoms with Crippen LogP contribution in [0.3, 0.4) is 0 Å². The Bertz CT molecular complexity index is 305. The molecule has 1 N–H and O–H groups in total. The Kier molecular flexibility index (Phi) is 5.95. The Morgan fingerprint density at radius 3 is 2.72 bits per heavy atom. The molecule has 1 saturated heterocycles. The van der Waals surface area contributed by atoms with Crippen LogP contribution in [-0.2, 0) is 9.53 Å². The van der Waals surface area contributed by atoms with Crippen molar-refractivity contribution in [3.63, 3.8) is 0 Å². The zero-order valence-electron chi connectivity index (χ0n) is 11.9. The van der Waals surface area contributed by atoms with E-state index in [1.54, 1.807) is 0 Å². The van der Waals surface area contributed by atoms with E-state index in [1.807, 2.05) is 0 Å². The number of hydrogen-bond donors (Lipinski definition) is 1. The molecule has 0 saturated carbocycles. The third-order valence-corrected chi connectivity index (χ3v) is 3.24. The first kappa shape index (κ1) is 14.8. The number of methoxy groups -OCH3 is 1. The number of nitrogens with one attached hydrogen (secondary N) is 1. The molecule has 0 aromatic carbocycles. The lowest BCUT2D eigenvalue weighted by Crippen LogP contribution is -2.40. The first-order chi connectivity index (χ1) is 8.63. The van der Waals surface area contributed by atoms with Gasteiger partial charge < -0.3 is 15.0 Å². The van der Waals surface area contributed by atoms with E-state index in [2.05, 4.69) is 36.0 Å². The molecule has 1 rings (SSSR count). The molecule has 0 amide bonds. The predicted octanol–water partition coefficient (Wildman–Crippen LogP) is 1.10. The Balaban J connectivity index is 2.69. The number of rotatable bonds is 4. The van der Waals surface area contributed by atoms with Gasteiger partial charge in [-0.2, -0.15) is 0 Å². The number of carbonyl (C=O) groups excluding carboxylic acids is 1. The number of nitrogens with zero attached hydrogens (tertiary/aromatic N) is 2. The van der Waals surface area contributed by atoms with E-state index >= 15 is 0 Å². The van der Waals surface area contributed by atoms with Crippen LogP contribution in [0.2, 0.25) is 0 Å². The molecule has 18 heavy (non-hydrogen) atoms. The van der Waals surface area contributed by atoms with Crippen molar-refractivity contribution in [3.8, 4) is 0 Å². The number of guanidine groups is 1. The molecule has 1 heterocycles. The Hall–Kier alpha value is -1.26. The van der Waals surface area contributed by atoms with E-state index < -0.39 is 0 Å². The Morgan fingerprint density at radius 1 is 1.44 bits per heavy atom. The van der Waals surface area contributed by atoms with Gasteiger partial charge in [-0.1, -0.05) is 13.8 Å². The number of esters is 1. The number of ether oxygens (including phenoxy) is 1. The van der Waals surface area contributed by atoms with Crippen molar-refractivity contribution >= 4 is 11.9 Å². The van der Waals surface area contributed by atoms with E-state index in [4.69, 9.17) is 4.74 Å². The highest BCUT2D eigenvalue weighted by molar-refractivity contribution is 5.82. The average Bonchev–Trinajstić information content (AvgIpc) is 2.75. The van der Waals surface area contributed by atoms with Crippen LogP contribution in [0.5, 0.6) is 0 Å². The zero-order valence-corrected chi connectivity index (χ0v) is 11.9.